The van der Waals surface area contributed by atoms with E-state index in [0.717, 1.165) is 23.0 Å². The first-order chi connectivity index (χ1) is 14.6. The lowest BCUT2D eigenvalue weighted by Crippen LogP contribution is -2.46. The summed E-state index contributed by atoms with van der Waals surface area (Å²) >= 11 is 0. The zero-order valence-corrected chi connectivity index (χ0v) is 17.1. The molecule has 3 N–H and O–H groups in total. The third-order valence-corrected chi connectivity index (χ3v) is 5.96. The van der Waals surface area contributed by atoms with Gasteiger partial charge in [0.15, 0.2) is 5.69 Å². The standard InChI is InChI=1S/C24H28N4O2/c25-23(29)20(15-17-9-3-1-4-10-17)26-24(30)22-19-13-7-8-14-21(19)28(27-22)16-18-11-5-2-6-12-18/h1,3-4,7-10,13-14,18,20H,2,5-6,11-12,15-16H2,(H2,25,29)(H,26,30). The van der Waals surface area contributed by atoms with Gasteiger partial charge in [-0.1, -0.05) is 67.8 Å². The number of fused-ring (bicyclic) bond motifs is 1. The molecule has 1 atom stereocenters. The van der Waals surface area contributed by atoms with Gasteiger partial charge < -0.3 is 11.1 Å². The van der Waals surface area contributed by atoms with Gasteiger partial charge in [0, 0.05) is 18.4 Å². The zero-order valence-electron chi connectivity index (χ0n) is 17.1. The number of carbonyl (C=O) groups is 2. The summed E-state index contributed by atoms with van der Waals surface area (Å²) in [5.41, 5.74) is 7.81. The number of primary amides is 1. The van der Waals surface area contributed by atoms with Crippen molar-refractivity contribution in [3.05, 3.63) is 65.9 Å². The molecule has 1 aromatic heterocycles. The molecule has 2 amide bonds. The average molecular weight is 405 g/mol. The summed E-state index contributed by atoms with van der Waals surface area (Å²) in [6.07, 6.45) is 6.59. The van der Waals surface area contributed by atoms with Crippen molar-refractivity contribution in [1.82, 2.24) is 15.1 Å². The van der Waals surface area contributed by atoms with Crippen LogP contribution in [0.4, 0.5) is 0 Å². The van der Waals surface area contributed by atoms with Gasteiger partial charge in [-0.3, -0.25) is 14.3 Å². The Balaban J connectivity index is 1.56. The Morgan fingerprint density at radius 3 is 2.47 bits per heavy atom. The molecule has 0 bridgehead atoms. The van der Waals surface area contributed by atoms with Crippen molar-refractivity contribution in [3.8, 4) is 0 Å². The maximum Gasteiger partial charge on any atom is 0.273 e. The molecular weight excluding hydrogens is 376 g/mol. The van der Waals surface area contributed by atoms with Crippen molar-refractivity contribution in [1.29, 1.82) is 0 Å². The summed E-state index contributed by atoms with van der Waals surface area (Å²) < 4.78 is 1.96. The summed E-state index contributed by atoms with van der Waals surface area (Å²) in [6.45, 7) is 0.817. The second kappa shape index (κ2) is 9.11. The molecule has 1 aliphatic rings. The van der Waals surface area contributed by atoms with E-state index in [4.69, 9.17) is 5.73 Å². The molecular formula is C24H28N4O2. The number of nitrogens with one attached hydrogen (secondary N) is 1. The van der Waals surface area contributed by atoms with Crippen LogP contribution in [0.5, 0.6) is 0 Å². The predicted octanol–water partition coefficient (Wildman–Crippen LogP) is 3.44. The highest BCUT2D eigenvalue weighted by atomic mass is 16.2. The Labute approximate surface area is 176 Å². The van der Waals surface area contributed by atoms with Gasteiger partial charge >= 0.3 is 0 Å². The van der Waals surface area contributed by atoms with Crippen LogP contribution in [0.2, 0.25) is 0 Å². The molecule has 1 unspecified atom stereocenters. The fourth-order valence-corrected chi connectivity index (χ4v) is 4.35. The van der Waals surface area contributed by atoms with Crippen LogP contribution in [0.15, 0.2) is 54.6 Å². The molecule has 2 aromatic carbocycles. The SMILES string of the molecule is NC(=O)C(Cc1ccccc1)NC(=O)c1nn(CC2CCCCC2)c2ccccc12. The van der Waals surface area contributed by atoms with Gasteiger partial charge in [0.25, 0.3) is 5.91 Å². The van der Waals surface area contributed by atoms with Crippen LogP contribution in [-0.2, 0) is 17.8 Å². The van der Waals surface area contributed by atoms with E-state index < -0.39 is 11.9 Å². The van der Waals surface area contributed by atoms with Crippen LogP contribution in [0, 0.1) is 5.92 Å². The highest BCUT2D eigenvalue weighted by molar-refractivity contribution is 6.06. The normalized spacial score (nSPS) is 15.7. The number of carbonyl (C=O) groups excluding carboxylic acids is 2. The van der Waals surface area contributed by atoms with Crippen molar-refractivity contribution in [2.45, 2.75) is 51.1 Å². The summed E-state index contributed by atoms with van der Waals surface area (Å²) in [6, 6.07) is 16.5. The molecule has 1 aliphatic carbocycles. The maximum atomic E-state index is 13.1. The zero-order chi connectivity index (χ0) is 20.9. The van der Waals surface area contributed by atoms with E-state index in [1.165, 1.54) is 32.1 Å². The molecule has 30 heavy (non-hydrogen) atoms. The monoisotopic (exact) mass is 404 g/mol. The second-order valence-corrected chi connectivity index (χ2v) is 8.17. The van der Waals surface area contributed by atoms with Crippen molar-refractivity contribution in [3.63, 3.8) is 0 Å². The van der Waals surface area contributed by atoms with E-state index in [1.807, 2.05) is 59.3 Å². The molecule has 156 valence electrons. The molecule has 4 rings (SSSR count). The van der Waals surface area contributed by atoms with Crippen molar-refractivity contribution in [2.75, 3.05) is 0 Å². The van der Waals surface area contributed by atoms with E-state index in [0.29, 0.717) is 18.0 Å². The van der Waals surface area contributed by atoms with Crippen LogP contribution >= 0.6 is 0 Å². The lowest BCUT2D eigenvalue weighted by molar-refractivity contribution is -0.119. The first-order valence-electron chi connectivity index (χ1n) is 10.7. The van der Waals surface area contributed by atoms with E-state index >= 15 is 0 Å². The molecule has 0 radical (unpaired) electrons. The van der Waals surface area contributed by atoms with E-state index in [-0.39, 0.29) is 5.91 Å². The number of amides is 2. The van der Waals surface area contributed by atoms with Gasteiger partial charge in [-0.15, -0.1) is 0 Å². The van der Waals surface area contributed by atoms with Crippen LogP contribution in [0.3, 0.4) is 0 Å². The molecule has 1 fully saturated rings. The van der Waals surface area contributed by atoms with Gasteiger partial charge in [0.1, 0.15) is 6.04 Å². The molecule has 1 heterocycles. The molecule has 0 saturated heterocycles. The number of hydrogen-bond acceptors (Lipinski definition) is 3. The topological polar surface area (TPSA) is 90.0 Å². The number of nitrogens with two attached hydrogens (primary N) is 1. The van der Waals surface area contributed by atoms with Gasteiger partial charge in [0.2, 0.25) is 5.91 Å². The lowest BCUT2D eigenvalue weighted by atomic mass is 9.89. The quantitative estimate of drug-likeness (QED) is 0.632. The number of nitrogens with zero attached hydrogens (tertiary/aromatic N) is 2. The van der Waals surface area contributed by atoms with Gasteiger partial charge in [-0.2, -0.15) is 5.10 Å². The molecule has 3 aromatic rings. The van der Waals surface area contributed by atoms with Crippen LogP contribution < -0.4 is 11.1 Å². The minimum Gasteiger partial charge on any atom is -0.368 e. The fourth-order valence-electron chi connectivity index (χ4n) is 4.35. The third kappa shape index (κ3) is 4.53. The Hall–Kier alpha value is -3.15. The molecule has 6 heteroatoms. The number of rotatable bonds is 7. The number of aromatic nitrogens is 2. The van der Waals surface area contributed by atoms with Crippen LogP contribution in [-0.4, -0.2) is 27.6 Å². The summed E-state index contributed by atoms with van der Waals surface area (Å²) in [5.74, 6) is -0.333. The minimum absolute atomic E-state index is 0.348. The number of benzene rings is 2. The van der Waals surface area contributed by atoms with Gasteiger partial charge in [-0.05, 0) is 30.4 Å². The summed E-state index contributed by atoms with van der Waals surface area (Å²) in [7, 11) is 0. The molecule has 0 spiro atoms. The number of hydrogen-bond donors (Lipinski definition) is 2. The van der Waals surface area contributed by atoms with E-state index in [9.17, 15) is 9.59 Å². The smallest absolute Gasteiger partial charge is 0.273 e. The largest absolute Gasteiger partial charge is 0.368 e. The van der Waals surface area contributed by atoms with Crippen molar-refractivity contribution < 1.29 is 9.59 Å². The highest BCUT2D eigenvalue weighted by Crippen LogP contribution is 2.27. The Bertz CT molecular complexity index is 1020. The Kier molecular flexibility index (Phi) is 6.12. The maximum absolute atomic E-state index is 13.1. The second-order valence-electron chi connectivity index (χ2n) is 8.17. The first-order valence-corrected chi connectivity index (χ1v) is 10.7. The molecule has 0 aliphatic heterocycles. The first kappa shape index (κ1) is 20.1. The highest BCUT2D eigenvalue weighted by Gasteiger charge is 2.24. The predicted molar refractivity (Wildman–Crippen MR) is 117 cm³/mol. The lowest BCUT2D eigenvalue weighted by Gasteiger charge is -2.21. The van der Waals surface area contributed by atoms with Crippen molar-refractivity contribution in [2.24, 2.45) is 11.7 Å². The third-order valence-electron chi connectivity index (χ3n) is 5.96. The fraction of sp³-hybridized carbons (Fsp3) is 0.375. The summed E-state index contributed by atoms with van der Waals surface area (Å²) in [5, 5.41) is 8.26. The molecule has 6 nitrogen and oxygen atoms in total. The van der Waals surface area contributed by atoms with Gasteiger partial charge in [-0.25, -0.2) is 0 Å². The van der Waals surface area contributed by atoms with Crippen LogP contribution in [0.1, 0.15) is 48.2 Å². The summed E-state index contributed by atoms with van der Waals surface area (Å²) in [4.78, 5) is 25.1. The van der Waals surface area contributed by atoms with E-state index in [2.05, 4.69) is 10.4 Å². The Morgan fingerprint density at radius 1 is 1.03 bits per heavy atom. The number of para-hydroxylation sites is 1. The average Bonchev–Trinajstić information content (AvgIpc) is 3.13. The minimum atomic E-state index is -0.790. The molecule has 1 saturated carbocycles. The Morgan fingerprint density at radius 2 is 1.73 bits per heavy atom. The van der Waals surface area contributed by atoms with Gasteiger partial charge in [0.05, 0.1) is 5.52 Å². The van der Waals surface area contributed by atoms with E-state index in [1.54, 1.807) is 0 Å². The van der Waals surface area contributed by atoms with Crippen LogP contribution in [0.25, 0.3) is 10.9 Å². The van der Waals surface area contributed by atoms with Crippen molar-refractivity contribution >= 4 is 22.7 Å².